The molecule has 1 unspecified atom stereocenters. The fourth-order valence-corrected chi connectivity index (χ4v) is 2.35. The van der Waals surface area contributed by atoms with Gasteiger partial charge in [0.25, 0.3) is 0 Å². The van der Waals surface area contributed by atoms with Gasteiger partial charge in [-0.2, -0.15) is 0 Å². The minimum Gasteiger partial charge on any atom is -0.384 e. The number of morpholine rings is 1. The van der Waals surface area contributed by atoms with Crippen LogP contribution in [0.2, 0.25) is 0 Å². The quantitative estimate of drug-likeness (QED) is 0.721. The molecule has 15 heavy (non-hydrogen) atoms. The summed E-state index contributed by atoms with van der Waals surface area (Å²) in [5, 5.41) is 0. The zero-order valence-electron chi connectivity index (χ0n) is 8.47. The van der Waals surface area contributed by atoms with Crippen LogP contribution in [-0.4, -0.2) is 35.3 Å². The Morgan fingerprint density at radius 1 is 1.40 bits per heavy atom. The lowest BCUT2D eigenvalue weighted by Crippen LogP contribution is -2.54. The Kier molecular flexibility index (Phi) is 1.98. The number of ether oxygens (including phenoxy) is 1. The summed E-state index contributed by atoms with van der Waals surface area (Å²) in [4.78, 5) is 10.5. The van der Waals surface area contributed by atoms with Gasteiger partial charge in [0.1, 0.15) is 18.0 Å². The number of nitrogens with two attached hydrogens (primary N) is 1. The molecule has 2 N–H and O–H groups in total. The van der Waals surface area contributed by atoms with Crippen LogP contribution in [0.5, 0.6) is 0 Å². The second-order valence-corrected chi connectivity index (χ2v) is 4.14. The lowest BCUT2D eigenvalue weighted by molar-refractivity contribution is -0.0228. The molecule has 3 fully saturated rings. The Labute approximate surface area is 88.3 Å². The molecule has 0 amide bonds. The zero-order chi connectivity index (χ0) is 10.3. The second kappa shape index (κ2) is 3.34. The van der Waals surface area contributed by atoms with E-state index in [0.29, 0.717) is 18.0 Å². The molecule has 4 rings (SSSR count). The molecule has 3 aliphatic rings. The van der Waals surface area contributed by atoms with Crippen molar-refractivity contribution in [1.29, 1.82) is 0 Å². The predicted molar refractivity (Wildman–Crippen MR) is 56.6 cm³/mol. The largest absolute Gasteiger partial charge is 0.384 e. The second-order valence-electron chi connectivity index (χ2n) is 4.14. The highest BCUT2D eigenvalue weighted by Crippen LogP contribution is 2.29. The Morgan fingerprint density at radius 2 is 2.33 bits per heavy atom. The molecule has 5 nitrogen and oxygen atoms in total. The lowest BCUT2D eigenvalue weighted by Gasteiger charge is -2.45. The number of hydrogen-bond acceptors (Lipinski definition) is 5. The van der Waals surface area contributed by atoms with Gasteiger partial charge in [0, 0.05) is 12.6 Å². The molecule has 0 aromatic carbocycles. The molecule has 80 valence electrons. The summed E-state index contributed by atoms with van der Waals surface area (Å²) in [5.41, 5.74) is 5.65. The van der Waals surface area contributed by atoms with Crippen molar-refractivity contribution in [3.8, 4) is 0 Å². The molecule has 5 heteroatoms. The molecule has 0 spiro atoms. The van der Waals surface area contributed by atoms with Crippen LogP contribution in [0.25, 0.3) is 0 Å². The molecular weight excluding hydrogens is 192 g/mol. The van der Waals surface area contributed by atoms with E-state index in [2.05, 4.69) is 14.9 Å². The van der Waals surface area contributed by atoms with Crippen molar-refractivity contribution in [2.24, 2.45) is 0 Å². The van der Waals surface area contributed by atoms with Gasteiger partial charge in [-0.3, -0.25) is 0 Å². The van der Waals surface area contributed by atoms with Gasteiger partial charge in [-0.1, -0.05) is 0 Å². The number of piperidine rings is 1. The molecule has 0 saturated carbocycles. The van der Waals surface area contributed by atoms with Gasteiger partial charge in [-0.15, -0.1) is 0 Å². The summed E-state index contributed by atoms with van der Waals surface area (Å²) in [6.07, 6.45) is 4.25. The number of hydrogen-bond donors (Lipinski definition) is 1. The van der Waals surface area contributed by atoms with Gasteiger partial charge in [0.05, 0.1) is 18.8 Å². The molecule has 3 aliphatic heterocycles. The summed E-state index contributed by atoms with van der Waals surface area (Å²) in [6.45, 7) is 1.75. The standard InChI is InChI=1S/C10H14N4O/c11-9-3-10(13-6-12-9)14-4-8-2-1-7(14)5-15-8/h3,6-8H,1-2,4-5H2,(H2,11,12,13)/t7?,8-/m1/s1. The van der Waals surface area contributed by atoms with Crippen LogP contribution in [0.1, 0.15) is 12.8 Å². The van der Waals surface area contributed by atoms with Gasteiger partial charge < -0.3 is 15.4 Å². The number of anilines is 2. The van der Waals surface area contributed by atoms with Crippen molar-refractivity contribution in [3.05, 3.63) is 12.4 Å². The average Bonchev–Trinajstić information content (AvgIpc) is 2.30. The lowest BCUT2D eigenvalue weighted by atomic mass is 9.97. The van der Waals surface area contributed by atoms with E-state index in [1.807, 2.05) is 6.07 Å². The first kappa shape index (κ1) is 8.91. The third kappa shape index (κ3) is 1.52. The van der Waals surface area contributed by atoms with Gasteiger partial charge >= 0.3 is 0 Å². The normalized spacial score (nSPS) is 29.5. The van der Waals surface area contributed by atoms with Crippen molar-refractivity contribution in [1.82, 2.24) is 9.97 Å². The Bertz CT molecular complexity index is 362. The first-order valence-corrected chi connectivity index (χ1v) is 5.29. The minimum atomic E-state index is 0.367. The zero-order valence-corrected chi connectivity index (χ0v) is 8.47. The van der Waals surface area contributed by atoms with E-state index in [4.69, 9.17) is 10.5 Å². The van der Waals surface area contributed by atoms with E-state index < -0.39 is 0 Å². The first-order valence-electron chi connectivity index (χ1n) is 5.29. The Balaban J connectivity index is 1.88. The van der Waals surface area contributed by atoms with E-state index in [0.717, 1.165) is 19.0 Å². The molecular formula is C10H14N4O. The SMILES string of the molecule is Nc1cc(N2C[C@H]3CCC2CO3)ncn1. The highest BCUT2D eigenvalue weighted by atomic mass is 16.5. The summed E-state index contributed by atoms with van der Waals surface area (Å²) in [5.74, 6) is 1.46. The molecule has 0 aliphatic carbocycles. The summed E-state index contributed by atoms with van der Waals surface area (Å²) < 4.78 is 5.64. The van der Waals surface area contributed by atoms with Crippen LogP contribution >= 0.6 is 0 Å². The van der Waals surface area contributed by atoms with Crippen molar-refractivity contribution in [2.75, 3.05) is 23.8 Å². The smallest absolute Gasteiger partial charge is 0.134 e. The molecule has 0 radical (unpaired) electrons. The van der Waals surface area contributed by atoms with Crippen LogP contribution in [0.3, 0.4) is 0 Å². The number of nitrogens with zero attached hydrogens (tertiary/aromatic N) is 3. The molecule has 2 bridgehead atoms. The fraction of sp³-hybridized carbons (Fsp3) is 0.600. The van der Waals surface area contributed by atoms with E-state index in [1.165, 1.54) is 19.2 Å². The van der Waals surface area contributed by atoms with Crippen LogP contribution in [-0.2, 0) is 4.74 Å². The number of rotatable bonds is 1. The molecule has 2 atom stereocenters. The highest BCUT2D eigenvalue weighted by Gasteiger charge is 2.35. The van der Waals surface area contributed by atoms with Crippen LogP contribution in [0, 0.1) is 0 Å². The van der Waals surface area contributed by atoms with Gasteiger partial charge in [0.2, 0.25) is 0 Å². The summed E-state index contributed by atoms with van der Waals surface area (Å²) in [7, 11) is 0. The van der Waals surface area contributed by atoms with Crippen LogP contribution in [0.4, 0.5) is 11.6 Å². The van der Waals surface area contributed by atoms with Crippen LogP contribution < -0.4 is 10.6 Å². The maximum Gasteiger partial charge on any atom is 0.134 e. The maximum atomic E-state index is 5.65. The number of nitrogen functional groups attached to an aromatic ring is 1. The summed E-state index contributed by atoms with van der Waals surface area (Å²) >= 11 is 0. The molecule has 1 aromatic heterocycles. The maximum absolute atomic E-state index is 5.65. The van der Waals surface area contributed by atoms with Crippen molar-refractivity contribution in [3.63, 3.8) is 0 Å². The van der Waals surface area contributed by atoms with E-state index in [-0.39, 0.29) is 0 Å². The fourth-order valence-electron chi connectivity index (χ4n) is 2.35. The van der Waals surface area contributed by atoms with Crippen molar-refractivity contribution >= 4 is 11.6 Å². The average molecular weight is 206 g/mol. The number of aromatic nitrogens is 2. The van der Waals surface area contributed by atoms with Crippen LogP contribution in [0.15, 0.2) is 12.4 Å². The molecule has 3 saturated heterocycles. The van der Waals surface area contributed by atoms with Gasteiger partial charge in [-0.25, -0.2) is 9.97 Å². The highest BCUT2D eigenvalue weighted by molar-refractivity contribution is 5.47. The third-order valence-electron chi connectivity index (χ3n) is 3.16. The Hall–Kier alpha value is -1.36. The summed E-state index contributed by atoms with van der Waals surface area (Å²) in [6, 6.07) is 2.30. The van der Waals surface area contributed by atoms with Crippen molar-refractivity contribution < 1.29 is 4.74 Å². The molecule has 4 heterocycles. The molecule has 1 aromatic rings. The van der Waals surface area contributed by atoms with Gasteiger partial charge in [-0.05, 0) is 12.8 Å². The monoisotopic (exact) mass is 206 g/mol. The Morgan fingerprint density at radius 3 is 2.93 bits per heavy atom. The van der Waals surface area contributed by atoms with E-state index >= 15 is 0 Å². The van der Waals surface area contributed by atoms with E-state index in [1.54, 1.807) is 0 Å². The minimum absolute atomic E-state index is 0.367. The number of fused-ring (bicyclic) bond motifs is 3. The topological polar surface area (TPSA) is 64.3 Å². The van der Waals surface area contributed by atoms with Crippen molar-refractivity contribution in [2.45, 2.75) is 25.0 Å². The predicted octanol–water partition coefficient (Wildman–Crippen LogP) is 0.426. The van der Waals surface area contributed by atoms with E-state index in [9.17, 15) is 0 Å². The third-order valence-corrected chi connectivity index (χ3v) is 3.16. The van der Waals surface area contributed by atoms with Gasteiger partial charge in [0.15, 0.2) is 0 Å². The first-order chi connectivity index (χ1) is 7.33.